The van der Waals surface area contributed by atoms with Crippen LogP contribution < -0.4 is 10.6 Å². The molecule has 0 radical (unpaired) electrons. The lowest BCUT2D eigenvalue weighted by atomic mass is 9.92. The lowest BCUT2D eigenvalue weighted by Crippen LogP contribution is -2.35. The van der Waals surface area contributed by atoms with Crippen molar-refractivity contribution in [2.45, 2.75) is 39.7 Å². The highest BCUT2D eigenvalue weighted by Crippen LogP contribution is 2.51. The second-order valence-corrected chi connectivity index (χ2v) is 6.13. The Bertz CT molecular complexity index is 479. The van der Waals surface area contributed by atoms with Crippen LogP contribution in [-0.2, 0) is 0 Å². The first-order valence-corrected chi connectivity index (χ1v) is 7.26. The molecule has 2 amide bonds. The van der Waals surface area contributed by atoms with Crippen molar-refractivity contribution in [2.24, 2.45) is 11.3 Å². The number of carbonyl (C=O) groups excluding carboxylic acids is 1. The summed E-state index contributed by atoms with van der Waals surface area (Å²) in [4.78, 5) is 11.9. The molecule has 1 atom stereocenters. The van der Waals surface area contributed by atoms with E-state index in [1.54, 1.807) is 13.0 Å². The first-order chi connectivity index (χ1) is 9.43. The van der Waals surface area contributed by atoms with Gasteiger partial charge in [-0.25, -0.2) is 4.79 Å². The van der Waals surface area contributed by atoms with Gasteiger partial charge in [0.15, 0.2) is 0 Å². The molecule has 0 spiro atoms. The average Bonchev–Trinajstić information content (AvgIpc) is 3.18. The lowest BCUT2D eigenvalue weighted by Gasteiger charge is -2.20. The summed E-state index contributed by atoms with van der Waals surface area (Å²) in [5, 5.41) is 15.3. The highest BCUT2D eigenvalue weighted by atomic mass is 16.3. The smallest absolute Gasteiger partial charge is 0.319 e. The van der Waals surface area contributed by atoms with Crippen molar-refractivity contribution < 1.29 is 9.90 Å². The second kappa shape index (κ2) is 5.83. The summed E-state index contributed by atoms with van der Waals surface area (Å²) in [7, 11) is 0. The van der Waals surface area contributed by atoms with Crippen LogP contribution in [0.5, 0.6) is 0 Å². The molecule has 0 saturated heterocycles. The van der Waals surface area contributed by atoms with Crippen LogP contribution in [0.15, 0.2) is 24.3 Å². The topological polar surface area (TPSA) is 61.4 Å². The van der Waals surface area contributed by atoms with Crippen LogP contribution in [0.1, 0.15) is 45.3 Å². The fraction of sp³-hybridized carbons (Fsp3) is 0.562. The Morgan fingerprint density at radius 1 is 1.35 bits per heavy atom. The number of benzene rings is 1. The van der Waals surface area contributed by atoms with Gasteiger partial charge in [-0.2, -0.15) is 0 Å². The average molecular weight is 276 g/mol. The highest BCUT2D eigenvalue weighted by molar-refractivity contribution is 5.89. The van der Waals surface area contributed by atoms with E-state index in [-0.39, 0.29) is 6.03 Å². The largest absolute Gasteiger partial charge is 0.389 e. The zero-order valence-electron chi connectivity index (χ0n) is 12.4. The summed E-state index contributed by atoms with van der Waals surface area (Å²) >= 11 is 0. The molecule has 1 aliphatic carbocycles. The third kappa shape index (κ3) is 3.51. The third-order valence-corrected chi connectivity index (χ3v) is 4.34. The van der Waals surface area contributed by atoms with Gasteiger partial charge >= 0.3 is 6.03 Å². The number of aliphatic hydroxyl groups is 1. The van der Waals surface area contributed by atoms with Gasteiger partial charge in [0.1, 0.15) is 0 Å². The van der Waals surface area contributed by atoms with Crippen LogP contribution in [0.25, 0.3) is 0 Å². The van der Waals surface area contributed by atoms with Gasteiger partial charge < -0.3 is 15.7 Å². The zero-order chi connectivity index (χ0) is 14.8. The second-order valence-electron chi connectivity index (χ2n) is 6.13. The van der Waals surface area contributed by atoms with E-state index in [9.17, 15) is 9.90 Å². The van der Waals surface area contributed by atoms with Gasteiger partial charge in [0.25, 0.3) is 0 Å². The Morgan fingerprint density at radius 2 is 2.05 bits per heavy atom. The van der Waals surface area contributed by atoms with Gasteiger partial charge in [-0.15, -0.1) is 0 Å². The highest BCUT2D eigenvalue weighted by Gasteiger charge is 2.45. The number of amides is 2. The van der Waals surface area contributed by atoms with Crippen LogP contribution >= 0.6 is 0 Å². The Labute approximate surface area is 120 Å². The molecule has 1 fully saturated rings. The molecule has 3 N–H and O–H groups in total. The summed E-state index contributed by atoms with van der Waals surface area (Å²) in [6, 6.07) is 7.10. The van der Waals surface area contributed by atoms with E-state index in [1.165, 1.54) is 12.8 Å². The molecule has 2 rings (SSSR count). The fourth-order valence-corrected chi connectivity index (χ4v) is 2.43. The maximum atomic E-state index is 11.9. The number of rotatable bonds is 5. The molecule has 0 aromatic heterocycles. The molecule has 0 heterocycles. The summed E-state index contributed by atoms with van der Waals surface area (Å²) in [5.74, 6) is 0.598. The molecule has 0 aliphatic heterocycles. The quantitative estimate of drug-likeness (QED) is 0.772. The standard InChI is InChI=1S/C16H24N2O2/c1-11(2)16(7-8-16)10-17-15(20)18-14-6-4-5-13(9-14)12(3)19/h4-6,9,11-12,19H,7-8,10H2,1-3H3,(H2,17,18,20). The summed E-state index contributed by atoms with van der Waals surface area (Å²) < 4.78 is 0. The van der Waals surface area contributed by atoms with Crippen LogP contribution in [0, 0.1) is 11.3 Å². The van der Waals surface area contributed by atoms with Gasteiger partial charge in [0.05, 0.1) is 6.10 Å². The van der Waals surface area contributed by atoms with Crippen molar-refractivity contribution in [3.8, 4) is 0 Å². The molecule has 20 heavy (non-hydrogen) atoms. The Morgan fingerprint density at radius 3 is 2.60 bits per heavy atom. The van der Waals surface area contributed by atoms with E-state index in [0.717, 1.165) is 12.1 Å². The zero-order valence-corrected chi connectivity index (χ0v) is 12.4. The molecule has 1 aliphatic rings. The summed E-state index contributed by atoms with van der Waals surface area (Å²) in [6.45, 7) is 6.85. The van der Waals surface area contributed by atoms with Crippen LogP contribution in [-0.4, -0.2) is 17.7 Å². The Balaban J connectivity index is 1.87. The van der Waals surface area contributed by atoms with Crippen molar-refractivity contribution in [1.82, 2.24) is 5.32 Å². The van der Waals surface area contributed by atoms with Crippen molar-refractivity contribution in [1.29, 1.82) is 0 Å². The SMILES string of the molecule is CC(O)c1cccc(NC(=O)NCC2(C(C)C)CC2)c1. The van der Waals surface area contributed by atoms with Gasteiger partial charge in [-0.3, -0.25) is 0 Å². The van der Waals surface area contributed by atoms with Crippen molar-refractivity contribution >= 4 is 11.7 Å². The molecular formula is C16H24N2O2. The molecule has 110 valence electrons. The molecular weight excluding hydrogens is 252 g/mol. The van der Waals surface area contributed by atoms with E-state index in [1.807, 2.05) is 18.2 Å². The number of hydrogen-bond acceptors (Lipinski definition) is 2. The van der Waals surface area contributed by atoms with Crippen molar-refractivity contribution in [3.05, 3.63) is 29.8 Å². The predicted molar refractivity (Wildman–Crippen MR) is 80.6 cm³/mol. The first kappa shape index (κ1) is 14.9. The molecule has 1 aromatic carbocycles. The predicted octanol–water partition coefficient (Wildman–Crippen LogP) is 3.30. The molecule has 4 heteroatoms. The normalized spacial score (nSPS) is 17.6. The third-order valence-electron chi connectivity index (χ3n) is 4.34. The monoisotopic (exact) mass is 276 g/mol. The number of carbonyl (C=O) groups is 1. The van der Waals surface area contributed by atoms with E-state index < -0.39 is 6.10 Å². The number of anilines is 1. The van der Waals surface area contributed by atoms with Crippen molar-refractivity contribution in [3.63, 3.8) is 0 Å². The molecule has 4 nitrogen and oxygen atoms in total. The number of nitrogens with one attached hydrogen (secondary N) is 2. The maximum absolute atomic E-state index is 11.9. The summed E-state index contributed by atoms with van der Waals surface area (Å²) in [6.07, 6.45) is 1.86. The number of hydrogen-bond donors (Lipinski definition) is 3. The van der Waals surface area contributed by atoms with E-state index in [0.29, 0.717) is 17.0 Å². The minimum atomic E-state index is -0.532. The minimum Gasteiger partial charge on any atom is -0.389 e. The minimum absolute atomic E-state index is 0.181. The molecule has 0 bridgehead atoms. The van der Waals surface area contributed by atoms with Crippen LogP contribution in [0.3, 0.4) is 0 Å². The summed E-state index contributed by atoms with van der Waals surface area (Å²) in [5.41, 5.74) is 1.80. The van der Waals surface area contributed by atoms with Gasteiger partial charge in [0, 0.05) is 12.2 Å². The van der Waals surface area contributed by atoms with Crippen LogP contribution in [0.2, 0.25) is 0 Å². The molecule has 1 unspecified atom stereocenters. The maximum Gasteiger partial charge on any atom is 0.319 e. The lowest BCUT2D eigenvalue weighted by molar-refractivity contribution is 0.199. The Hall–Kier alpha value is -1.55. The van der Waals surface area contributed by atoms with E-state index >= 15 is 0 Å². The fourth-order valence-electron chi connectivity index (χ4n) is 2.43. The Kier molecular flexibility index (Phi) is 4.33. The van der Waals surface area contributed by atoms with Gasteiger partial charge in [-0.1, -0.05) is 26.0 Å². The number of aliphatic hydroxyl groups excluding tert-OH is 1. The number of urea groups is 1. The van der Waals surface area contributed by atoms with Gasteiger partial charge in [-0.05, 0) is 48.8 Å². The van der Waals surface area contributed by atoms with Crippen LogP contribution in [0.4, 0.5) is 10.5 Å². The van der Waals surface area contributed by atoms with Crippen molar-refractivity contribution in [2.75, 3.05) is 11.9 Å². The van der Waals surface area contributed by atoms with E-state index in [2.05, 4.69) is 24.5 Å². The van der Waals surface area contributed by atoms with E-state index in [4.69, 9.17) is 0 Å². The molecule has 1 saturated carbocycles. The molecule has 1 aromatic rings. The van der Waals surface area contributed by atoms with Gasteiger partial charge in [0.2, 0.25) is 0 Å². The first-order valence-electron chi connectivity index (χ1n) is 7.26.